The smallest absolute Gasteiger partial charge is 0.352 e. The second kappa shape index (κ2) is 3.02. The second-order valence-corrected chi connectivity index (χ2v) is 3.59. The Morgan fingerprint density at radius 3 is 2.60 bits per heavy atom. The number of aromatic carboxylic acids is 1. The van der Waals surface area contributed by atoms with Gasteiger partial charge in [0.25, 0.3) is 0 Å². The molecule has 4 heteroatoms. The number of aromatic nitrogens is 1. The molecule has 1 heterocycles. The standard InChI is InChI=1S/C11H11NO3/c1-6-3-8(13)4-7-5-9(11(14)15)12(2)10(6)7/h3-5,13H,1-2H3,(H,14,15). The van der Waals surface area contributed by atoms with Crippen LogP contribution in [0.5, 0.6) is 5.75 Å². The quantitative estimate of drug-likeness (QED) is 0.747. The number of hydrogen-bond donors (Lipinski definition) is 2. The molecule has 0 atom stereocenters. The molecule has 1 aromatic carbocycles. The lowest BCUT2D eigenvalue weighted by Gasteiger charge is -2.03. The normalized spacial score (nSPS) is 10.8. The molecule has 0 bridgehead atoms. The summed E-state index contributed by atoms with van der Waals surface area (Å²) >= 11 is 0. The van der Waals surface area contributed by atoms with Gasteiger partial charge in [-0.3, -0.25) is 0 Å². The minimum Gasteiger partial charge on any atom is -0.508 e. The molecule has 15 heavy (non-hydrogen) atoms. The van der Waals surface area contributed by atoms with Crippen molar-refractivity contribution in [2.24, 2.45) is 7.05 Å². The summed E-state index contributed by atoms with van der Waals surface area (Å²) in [4.78, 5) is 10.9. The molecule has 0 aliphatic carbocycles. The molecule has 2 rings (SSSR count). The van der Waals surface area contributed by atoms with Crippen LogP contribution in [0.3, 0.4) is 0 Å². The zero-order valence-electron chi connectivity index (χ0n) is 8.48. The highest BCUT2D eigenvalue weighted by Crippen LogP contribution is 2.26. The van der Waals surface area contributed by atoms with Crippen molar-refractivity contribution in [2.45, 2.75) is 6.92 Å². The highest BCUT2D eigenvalue weighted by atomic mass is 16.4. The van der Waals surface area contributed by atoms with Crippen LogP contribution in [-0.4, -0.2) is 20.7 Å². The fraction of sp³-hybridized carbons (Fsp3) is 0.182. The lowest BCUT2D eigenvalue weighted by atomic mass is 10.1. The van der Waals surface area contributed by atoms with E-state index in [9.17, 15) is 9.90 Å². The number of benzene rings is 1. The number of carboxylic acids is 1. The number of carboxylic acid groups (broad SMARTS) is 1. The largest absolute Gasteiger partial charge is 0.508 e. The van der Waals surface area contributed by atoms with Crippen LogP contribution in [0.15, 0.2) is 18.2 Å². The molecular formula is C11H11NO3. The van der Waals surface area contributed by atoms with Gasteiger partial charge in [-0.25, -0.2) is 4.79 Å². The first-order chi connectivity index (χ1) is 7.00. The number of carbonyl (C=O) groups is 1. The van der Waals surface area contributed by atoms with E-state index in [2.05, 4.69) is 0 Å². The summed E-state index contributed by atoms with van der Waals surface area (Å²) in [6.45, 7) is 1.84. The van der Waals surface area contributed by atoms with Crippen molar-refractivity contribution in [3.8, 4) is 5.75 Å². The average Bonchev–Trinajstić information content (AvgIpc) is 2.42. The summed E-state index contributed by atoms with van der Waals surface area (Å²) in [6, 6.07) is 4.74. The van der Waals surface area contributed by atoms with Crippen LogP contribution < -0.4 is 0 Å². The zero-order valence-corrected chi connectivity index (χ0v) is 8.48. The summed E-state index contributed by atoms with van der Waals surface area (Å²) in [5.41, 5.74) is 1.92. The van der Waals surface area contributed by atoms with Crippen LogP contribution in [0, 0.1) is 6.92 Å². The van der Waals surface area contributed by atoms with Crippen molar-refractivity contribution >= 4 is 16.9 Å². The van der Waals surface area contributed by atoms with Crippen LogP contribution in [0.25, 0.3) is 10.9 Å². The Morgan fingerprint density at radius 2 is 2.00 bits per heavy atom. The van der Waals surface area contributed by atoms with E-state index in [4.69, 9.17) is 5.11 Å². The predicted octanol–water partition coefficient (Wildman–Crippen LogP) is 1.89. The minimum atomic E-state index is -0.965. The zero-order chi connectivity index (χ0) is 11.2. The first kappa shape index (κ1) is 9.58. The Morgan fingerprint density at radius 1 is 1.33 bits per heavy atom. The predicted molar refractivity (Wildman–Crippen MR) is 56.3 cm³/mol. The number of aromatic hydroxyl groups is 1. The van der Waals surface area contributed by atoms with Gasteiger partial charge in [-0.15, -0.1) is 0 Å². The van der Waals surface area contributed by atoms with E-state index in [1.54, 1.807) is 29.8 Å². The van der Waals surface area contributed by atoms with Gasteiger partial charge in [-0.05, 0) is 30.7 Å². The van der Waals surface area contributed by atoms with E-state index in [0.717, 1.165) is 16.5 Å². The first-order valence-corrected chi connectivity index (χ1v) is 4.53. The molecule has 78 valence electrons. The van der Waals surface area contributed by atoms with Gasteiger partial charge < -0.3 is 14.8 Å². The minimum absolute atomic E-state index is 0.155. The lowest BCUT2D eigenvalue weighted by Crippen LogP contribution is -2.04. The van der Waals surface area contributed by atoms with Crippen molar-refractivity contribution in [3.05, 3.63) is 29.5 Å². The van der Waals surface area contributed by atoms with Crippen LogP contribution >= 0.6 is 0 Å². The lowest BCUT2D eigenvalue weighted by molar-refractivity contribution is 0.0687. The average molecular weight is 205 g/mol. The van der Waals surface area contributed by atoms with Crippen LogP contribution in [0.1, 0.15) is 16.1 Å². The van der Waals surface area contributed by atoms with Gasteiger partial charge in [0.15, 0.2) is 0 Å². The van der Waals surface area contributed by atoms with Crippen LogP contribution in [0.2, 0.25) is 0 Å². The summed E-state index contributed by atoms with van der Waals surface area (Å²) in [5.74, 6) is -0.810. The number of rotatable bonds is 1. The Balaban J connectivity index is 2.88. The fourth-order valence-electron chi connectivity index (χ4n) is 1.93. The Hall–Kier alpha value is -1.97. The molecule has 1 aromatic heterocycles. The summed E-state index contributed by atoms with van der Waals surface area (Å²) in [7, 11) is 1.70. The van der Waals surface area contributed by atoms with Gasteiger partial charge in [0.1, 0.15) is 11.4 Å². The van der Waals surface area contributed by atoms with Crippen LogP contribution in [-0.2, 0) is 7.05 Å². The van der Waals surface area contributed by atoms with Gasteiger partial charge in [0, 0.05) is 12.4 Å². The molecule has 0 spiro atoms. The van der Waals surface area contributed by atoms with E-state index < -0.39 is 5.97 Å². The molecule has 0 saturated heterocycles. The molecule has 0 saturated carbocycles. The maximum atomic E-state index is 10.9. The van der Waals surface area contributed by atoms with Crippen molar-refractivity contribution in [2.75, 3.05) is 0 Å². The highest BCUT2D eigenvalue weighted by Gasteiger charge is 2.13. The van der Waals surface area contributed by atoms with Crippen molar-refractivity contribution < 1.29 is 15.0 Å². The van der Waals surface area contributed by atoms with Gasteiger partial charge in [-0.2, -0.15) is 0 Å². The maximum absolute atomic E-state index is 10.9. The van der Waals surface area contributed by atoms with Crippen LogP contribution in [0.4, 0.5) is 0 Å². The van der Waals surface area contributed by atoms with Crippen molar-refractivity contribution in [1.29, 1.82) is 0 Å². The molecule has 0 fully saturated rings. The third kappa shape index (κ3) is 1.34. The van der Waals surface area contributed by atoms with Crippen molar-refractivity contribution in [1.82, 2.24) is 4.57 Å². The summed E-state index contributed by atoms with van der Waals surface area (Å²) < 4.78 is 1.62. The van der Waals surface area contributed by atoms with Gasteiger partial charge in [0.05, 0.1) is 5.52 Å². The van der Waals surface area contributed by atoms with Gasteiger partial charge in [-0.1, -0.05) is 0 Å². The number of phenolic OH excluding ortho intramolecular Hbond substituents is 1. The highest BCUT2D eigenvalue weighted by molar-refractivity contribution is 5.96. The third-order valence-corrected chi connectivity index (χ3v) is 2.52. The topological polar surface area (TPSA) is 62.5 Å². The number of aryl methyl sites for hydroxylation is 2. The molecule has 0 aliphatic rings. The Kier molecular flexibility index (Phi) is 1.93. The monoisotopic (exact) mass is 205 g/mol. The van der Waals surface area contributed by atoms with E-state index >= 15 is 0 Å². The molecule has 0 radical (unpaired) electrons. The second-order valence-electron chi connectivity index (χ2n) is 3.59. The molecule has 2 N–H and O–H groups in total. The first-order valence-electron chi connectivity index (χ1n) is 4.53. The van der Waals surface area contributed by atoms with Gasteiger partial charge in [0.2, 0.25) is 0 Å². The Bertz CT molecular complexity index is 554. The van der Waals surface area contributed by atoms with E-state index in [1.165, 1.54) is 0 Å². The summed E-state index contributed by atoms with van der Waals surface area (Å²) in [6.07, 6.45) is 0. The van der Waals surface area contributed by atoms with Gasteiger partial charge >= 0.3 is 5.97 Å². The number of nitrogens with zero attached hydrogens (tertiary/aromatic N) is 1. The summed E-state index contributed by atoms with van der Waals surface area (Å²) in [5, 5.41) is 19.1. The third-order valence-electron chi connectivity index (χ3n) is 2.52. The SMILES string of the molecule is Cc1cc(O)cc2cc(C(=O)O)n(C)c12. The van der Waals surface area contributed by atoms with Crippen molar-refractivity contribution in [3.63, 3.8) is 0 Å². The number of hydrogen-bond acceptors (Lipinski definition) is 2. The maximum Gasteiger partial charge on any atom is 0.352 e. The van der Waals surface area contributed by atoms with E-state index in [1.807, 2.05) is 6.92 Å². The molecular weight excluding hydrogens is 194 g/mol. The molecule has 4 nitrogen and oxygen atoms in total. The fourth-order valence-corrected chi connectivity index (χ4v) is 1.93. The molecule has 0 unspecified atom stereocenters. The molecule has 0 amide bonds. The van der Waals surface area contributed by atoms with E-state index in [-0.39, 0.29) is 11.4 Å². The Labute approximate surface area is 86.4 Å². The molecule has 2 aromatic rings. The number of phenols is 1. The number of fused-ring (bicyclic) bond motifs is 1. The molecule has 0 aliphatic heterocycles. The van der Waals surface area contributed by atoms with E-state index in [0.29, 0.717) is 0 Å².